The van der Waals surface area contributed by atoms with Crippen LogP contribution < -0.4 is 0 Å². The molecule has 0 bridgehead atoms. The van der Waals surface area contributed by atoms with E-state index in [0.29, 0.717) is 0 Å². The molecule has 0 radical (unpaired) electrons. The Morgan fingerprint density at radius 2 is 1.50 bits per heavy atom. The summed E-state index contributed by atoms with van der Waals surface area (Å²) >= 11 is 0. The summed E-state index contributed by atoms with van der Waals surface area (Å²) < 4.78 is 0. The summed E-state index contributed by atoms with van der Waals surface area (Å²) in [4.78, 5) is 21.0. The van der Waals surface area contributed by atoms with Crippen LogP contribution in [0.1, 0.15) is 20.7 Å². The molecule has 6 heteroatoms. The second kappa shape index (κ2) is 4.77. The monoisotopic (exact) mass is 377 g/mol. The van der Waals surface area contributed by atoms with Crippen molar-refractivity contribution in [2.24, 2.45) is 0 Å². The Morgan fingerprint density at radius 3 is 1.93 bits per heavy atom. The fraction of sp³-hybridized carbons (Fsp3) is 0. The number of carbonyl (C=O) groups is 2. The largest absolute Gasteiger partial charge is 0.508 e. The Morgan fingerprint density at radius 1 is 1.00 bits per heavy atom. The number of aromatic hydroxyl groups is 1. The van der Waals surface area contributed by atoms with Crippen molar-refractivity contribution in [2.45, 2.75) is 0 Å². The Hall–Kier alpha value is -1.35. The summed E-state index contributed by atoms with van der Waals surface area (Å²) in [7, 11) is 0. The van der Waals surface area contributed by atoms with E-state index in [9.17, 15) is 9.59 Å². The van der Waals surface area contributed by atoms with Crippen LogP contribution in [0.3, 0.4) is 0 Å². The topological polar surface area (TPSA) is 94.8 Å². The Bertz CT molecular complexity index is 374. The fourth-order valence-electron chi connectivity index (χ4n) is 0.896. The molecule has 0 amide bonds. The average Bonchev–Trinajstić information content (AvgIpc) is 2.03. The molecule has 0 aliphatic carbocycles. The molecule has 0 saturated heterocycles. The van der Waals surface area contributed by atoms with Crippen molar-refractivity contribution in [2.75, 3.05) is 0 Å². The summed E-state index contributed by atoms with van der Waals surface area (Å²) in [5.74, 6) is -2.99. The smallest absolute Gasteiger partial charge is 0.336 e. The number of rotatable bonds is 2. The summed E-state index contributed by atoms with van der Waals surface area (Å²) in [5, 5.41) is 26.0. The summed E-state index contributed by atoms with van der Waals surface area (Å²) in [6, 6.07) is 3.06. The van der Waals surface area contributed by atoms with Crippen LogP contribution in [-0.4, -0.2) is 27.3 Å². The first kappa shape index (κ1) is 12.6. The van der Waals surface area contributed by atoms with Crippen LogP contribution in [0.25, 0.3) is 0 Å². The van der Waals surface area contributed by atoms with Crippen LogP contribution in [0.2, 0.25) is 0 Å². The first-order valence-corrected chi connectivity index (χ1v) is 3.32. The third kappa shape index (κ3) is 2.57. The van der Waals surface area contributed by atoms with Crippen molar-refractivity contribution >= 4 is 11.9 Å². The van der Waals surface area contributed by atoms with E-state index < -0.39 is 17.5 Å². The number of carboxylic acids is 2. The summed E-state index contributed by atoms with van der Waals surface area (Å²) in [5.41, 5.74) is -0.766. The van der Waals surface area contributed by atoms with Gasteiger partial charge in [0, 0.05) is 21.1 Å². The Kier molecular flexibility index (Phi) is 4.31. The van der Waals surface area contributed by atoms with Crippen molar-refractivity contribution in [3.8, 4) is 5.75 Å². The second-order valence-electron chi connectivity index (χ2n) is 2.34. The minimum absolute atomic E-state index is 0. The van der Waals surface area contributed by atoms with Crippen molar-refractivity contribution in [1.82, 2.24) is 0 Å². The molecule has 3 N–H and O–H groups in total. The van der Waals surface area contributed by atoms with Gasteiger partial charge in [-0.05, 0) is 18.2 Å². The van der Waals surface area contributed by atoms with E-state index >= 15 is 0 Å². The number of hydrogen-bond acceptors (Lipinski definition) is 3. The Labute approximate surface area is 93.3 Å². The predicted octanol–water partition coefficient (Wildman–Crippen LogP) is 0.786. The van der Waals surface area contributed by atoms with E-state index in [1.807, 2.05) is 0 Å². The molecule has 0 atom stereocenters. The molecule has 14 heavy (non-hydrogen) atoms. The van der Waals surface area contributed by atoms with Gasteiger partial charge in [-0.2, -0.15) is 0 Å². The SMILES string of the molecule is O=C(O)c1ccc(O)cc1C(=O)O.[Pt]. The molecule has 0 aliphatic heterocycles. The van der Waals surface area contributed by atoms with Crippen LogP contribution in [0, 0.1) is 0 Å². The molecule has 1 rings (SSSR count). The zero-order valence-electron chi connectivity index (χ0n) is 6.71. The summed E-state index contributed by atoms with van der Waals surface area (Å²) in [6.07, 6.45) is 0. The van der Waals surface area contributed by atoms with Crippen LogP contribution >= 0.6 is 0 Å². The van der Waals surface area contributed by atoms with Crippen molar-refractivity contribution < 1.29 is 46.0 Å². The second-order valence-corrected chi connectivity index (χ2v) is 2.34. The molecule has 0 aromatic heterocycles. The first-order valence-electron chi connectivity index (χ1n) is 3.32. The van der Waals surface area contributed by atoms with Gasteiger partial charge >= 0.3 is 11.9 Å². The first-order chi connectivity index (χ1) is 6.02. The molecule has 1 aromatic carbocycles. The minimum Gasteiger partial charge on any atom is -0.508 e. The van der Waals surface area contributed by atoms with Crippen molar-refractivity contribution in [3.05, 3.63) is 29.3 Å². The van der Waals surface area contributed by atoms with Gasteiger partial charge in [0.2, 0.25) is 0 Å². The molecular weight excluding hydrogens is 371 g/mol. The van der Waals surface area contributed by atoms with Gasteiger partial charge in [0.25, 0.3) is 0 Å². The molecule has 0 heterocycles. The molecule has 0 spiro atoms. The standard InChI is InChI=1S/C8H6O5.Pt/c9-4-1-2-5(7(10)11)6(3-4)8(12)13;/h1-3,9H,(H,10,11)(H,12,13);. The Balaban J connectivity index is 0.00000169. The van der Waals surface area contributed by atoms with Gasteiger partial charge < -0.3 is 15.3 Å². The van der Waals surface area contributed by atoms with Gasteiger partial charge in [0.15, 0.2) is 0 Å². The van der Waals surface area contributed by atoms with Crippen LogP contribution in [0.15, 0.2) is 18.2 Å². The van der Waals surface area contributed by atoms with Gasteiger partial charge in [0.05, 0.1) is 11.1 Å². The van der Waals surface area contributed by atoms with Gasteiger partial charge in [-0.3, -0.25) is 0 Å². The van der Waals surface area contributed by atoms with Crippen molar-refractivity contribution in [1.29, 1.82) is 0 Å². The number of hydrogen-bond donors (Lipinski definition) is 3. The van der Waals surface area contributed by atoms with E-state index in [-0.39, 0.29) is 32.4 Å². The predicted molar refractivity (Wildman–Crippen MR) is 42.0 cm³/mol. The van der Waals surface area contributed by atoms with E-state index in [4.69, 9.17) is 15.3 Å². The molecule has 0 fully saturated rings. The quantitative estimate of drug-likeness (QED) is 0.709. The number of aromatic carboxylic acids is 2. The number of phenols is 1. The van der Waals surface area contributed by atoms with Gasteiger partial charge in [-0.25, -0.2) is 9.59 Å². The maximum atomic E-state index is 10.5. The van der Waals surface area contributed by atoms with E-state index in [2.05, 4.69) is 0 Å². The average molecular weight is 377 g/mol. The van der Waals surface area contributed by atoms with Crippen LogP contribution in [-0.2, 0) is 21.1 Å². The number of carboxylic acid groups (broad SMARTS) is 2. The maximum Gasteiger partial charge on any atom is 0.336 e. The number of phenolic OH excluding ortho intramolecular Hbond substituents is 1. The van der Waals surface area contributed by atoms with E-state index in [0.717, 1.165) is 18.2 Å². The number of benzene rings is 1. The minimum atomic E-state index is -1.38. The zero-order chi connectivity index (χ0) is 10.0. The maximum absolute atomic E-state index is 10.5. The molecule has 0 saturated carbocycles. The molecule has 78 valence electrons. The van der Waals surface area contributed by atoms with Gasteiger partial charge in [0.1, 0.15) is 5.75 Å². The normalized spacial score (nSPS) is 8.86. The zero-order valence-corrected chi connectivity index (χ0v) is 8.98. The van der Waals surface area contributed by atoms with E-state index in [1.165, 1.54) is 0 Å². The molecular formula is C8H6O5Pt. The third-order valence-electron chi connectivity index (χ3n) is 1.46. The van der Waals surface area contributed by atoms with Crippen LogP contribution in [0.4, 0.5) is 0 Å². The molecule has 0 aliphatic rings. The third-order valence-corrected chi connectivity index (χ3v) is 1.46. The molecule has 1 aromatic rings. The molecule has 0 unspecified atom stereocenters. The fourth-order valence-corrected chi connectivity index (χ4v) is 0.896. The van der Waals surface area contributed by atoms with E-state index in [1.54, 1.807) is 0 Å². The van der Waals surface area contributed by atoms with Crippen molar-refractivity contribution in [3.63, 3.8) is 0 Å². The van der Waals surface area contributed by atoms with Gasteiger partial charge in [-0.1, -0.05) is 0 Å². The van der Waals surface area contributed by atoms with Crippen LogP contribution in [0.5, 0.6) is 5.75 Å². The summed E-state index contributed by atoms with van der Waals surface area (Å²) in [6.45, 7) is 0. The molecule has 5 nitrogen and oxygen atoms in total. The van der Waals surface area contributed by atoms with Gasteiger partial charge in [-0.15, -0.1) is 0 Å².